The maximum atomic E-state index is 11.7. The van der Waals surface area contributed by atoms with Crippen LogP contribution in [0.1, 0.15) is 19.3 Å². The zero-order valence-electron chi connectivity index (χ0n) is 10.2. The van der Waals surface area contributed by atoms with Gasteiger partial charge in [-0.05, 0) is 19.3 Å². The predicted octanol–water partition coefficient (Wildman–Crippen LogP) is 0.149. The SMILES string of the molecule is Nc1cnn(CC(=O)NCC2CC3CCC2O3)c1. The molecule has 2 aliphatic heterocycles. The molecule has 2 aliphatic rings. The number of nitrogen functional groups attached to an aromatic ring is 1. The van der Waals surface area contributed by atoms with Crippen molar-refractivity contribution in [2.45, 2.75) is 38.0 Å². The van der Waals surface area contributed by atoms with Crippen LogP contribution in [-0.2, 0) is 16.1 Å². The highest BCUT2D eigenvalue weighted by Crippen LogP contribution is 2.38. The lowest BCUT2D eigenvalue weighted by molar-refractivity contribution is -0.122. The molecule has 3 unspecified atom stereocenters. The molecule has 1 aromatic rings. The van der Waals surface area contributed by atoms with E-state index in [1.54, 1.807) is 10.9 Å². The maximum absolute atomic E-state index is 11.7. The van der Waals surface area contributed by atoms with Crippen LogP contribution in [0.15, 0.2) is 12.4 Å². The number of anilines is 1. The molecule has 0 spiro atoms. The summed E-state index contributed by atoms with van der Waals surface area (Å²) in [5.74, 6) is 0.455. The molecule has 0 aliphatic carbocycles. The molecule has 3 heterocycles. The summed E-state index contributed by atoms with van der Waals surface area (Å²) in [4.78, 5) is 11.7. The lowest BCUT2D eigenvalue weighted by Gasteiger charge is -2.18. The number of hydrogen-bond acceptors (Lipinski definition) is 4. The van der Waals surface area contributed by atoms with E-state index in [1.165, 1.54) is 12.6 Å². The highest BCUT2D eigenvalue weighted by molar-refractivity contribution is 5.75. The Labute approximate surface area is 105 Å². The normalized spacial score (nSPS) is 29.7. The molecule has 2 bridgehead atoms. The Kier molecular flexibility index (Phi) is 2.95. The monoisotopic (exact) mass is 250 g/mol. The summed E-state index contributed by atoms with van der Waals surface area (Å²) in [5, 5.41) is 6.93. The number of aromatic nitrogens is 2. The molecule has 1 aromatic heterocycles. The van der Waals surface area contributed by atoms with E-state index in [4.69, 9.17) is 10.5 Å². The van der Waals surface area contributed by atoms with Crippen LogP contribution in [0.4, 0.5) is 5.69 Å². The fraction of sp³-hybridized carbons (Fsp3) is 0.667. The summed E-state index contributed by atoms with van der Waals surface area (Å²) < 4.78 is 7.30. The lowest BCUT2D eigenvalue weighted by Crippen LogP contribution is -2.35. The number of hydrogen-bond donors (Lipinski definition) is 2. The van der Waals surface area contributed by atoms with Crippen LogP contribution in [0.3, 0.4) is 0 Å². The van der Waals surface area contributed by atoms with Gasteiger partial charge in [0.15, 0.2) is 0 Å². The third-order valence-electron chi connectivity index (χ3n) is 3.75. The second-order valence-corrected chi connectivity index (χ2v) is 5.15. The van der Waals surface area contributed by atoms with E-state index in [9.17, 15) is 4.79 Å². The van der Waals surface area contributed by atoms with Gasteiger partial charge in [-0.1, -0.05) is 0 Å². The molecule has 6 nitrogen and oxygen atoms in total. The summed E-state index contributed by atoms with van der Waals surface area (Å²) in [5.41, 5.74) is 6.11. The Bertz CT molecular complexity index is 445. The Balaban J connectivity index is 1.44. The smallest absolute Gasteiger partial charge is 0.241 e. The Morgan fingerprint density at radius 1 is 1.61 bits per heavy atom. The van der Waals surface area contributed by atoms with Crippen LogP contribution >= 0.6 is 0 Å². The number of fused-ring (bicyclic) bond motifs is 2. The summed E-state index contributed by atoms with van der Waals surface area (Å²) in [7, 11) is 0. The van der Waals surface area contributed by atoms with E-state index in [0.29, 0.717) is 30.4 Å². The van der Waals surface area contributed by atoms with Gasteiger partial charge >= 0.3 is 0 Å². The molecule has 3 rings (SSSR count). The summed E-state index contributed by atoms with van der Waals surface area (Å²) in [6.45, 7) is 0.926. The summed E-state index contributed by atoms with van der Waals surface area (Å²) in [6.07, 6.45) is 7.39. The largest absolute Gasteiger partial charge is 0.396 e. The van der Waals surface area contributed by atoms with E-state index in [0.717, 1.165) is 12.8 Å². The zero-order chi connectivity index (χ0) is 12.5. The van der Waals surface area contributed by atoms with Crippen LogP contribution in [0.5, 0.6) is 0 Å². The first kappa shape index (κ1) is 11.5. The molecule has 98 valence electrons. The Hall–Kier alpha value is -1.56. The second kappa shape index (κ2) is 4.61. The Morgan fingerprint density at radius 2 is 2.50 bits per heavy atom. The molecule has 0 aromatic carbocycles. The van der Waals surface area contributed by atoms with Crippen LogP contribution in [0.2, 0.25) is 0 Å². The molecule has 0 saturated carbocycles. The first-order valence-corrected chi connectivity index (χ1v) is 6.41. The van der Waals surface area contributed by atoms with Crippen LogP contribution in [0, 0.1) is 5.92 Å². The van der Waals surface area contributed by atoms with Gasteiger partial charge in [-0.15, -0.1) is 0 Å². The average molecular weight is 250 g/mol. The minimum atomic E-state index is -0.0270. The number of nitrogens with one attached hydrogen (secondary N) is 1. The van der Waals surface area contributed by atoms with Gasteiger partial charge < -0.3 is 15.8 Å². The minimum Gasteiger partial charge on any atom is -0.396 e. The standard InChI is InChI=1S/C12H18N4O2/c13-9-5-15-16(6-9)7-12(17)14-4-8-3-10-1-2-11(8)18-10/h5-6,8,10-11H,1-4,7,13H2,(H,14,17). The number of carbonyl (C=O) groups excluding carboxylic acids is 1. The predicted molar refractivity (Wildman–Crippen MR) is 65.7 cm³/mol. The van der Waals surface area contributed by atoms with Crippen molar-refractivity contribution >= 4 is 11.6 Å². The first-order chi connectivity index (χ1) is 8.70. The number of ether oxygens (including phenoxy) is 1. The van der Waals surface area contributed by atoms with Crippen molar-refractivity contribution in [2.24, 2.45) is 5.92 Å². The van der Waals surface area contributed by atoms with Gasteiger partial charge in [0, 0.05) is 18.7 Å². The van der Waals surface area contributed by atoms with Crippen molar-refractivity contribution in [1.29, 1.82) is 0 Å². The van der Waals surface area contributed by atoms with Crippen molar-refractivity contribution < 1.29 is 9.53 Å². The topological polar surface area (TPSA) is 82.2 Å². The minimum absolute atomic E-state index is 0.0270. The third-order valence-corrected chi connectivity index (χ3v) is 3.75. The van der Waals surface area contributed by atoms with Gasteiger partial charge in [0.05, 0.1) is 24.1 Å². The molecule has 1 amide bonds. The highest BCUT2D eigenvalue weighted by atomic mass is 16.5. The number of amides is 1. The number of rotatable bonds is 4. The molecule has 0 radical (unpaired) electrons. The zero-order valence-corrected chi connectivity index (χ0v) is 10.2. The van der Waals surface area contributed by atoms with Crippen molar-refractivity contribution in [3.63, 3.8) is 0 Å². The number of carbonyl (C=O) groups is 1. The third kappa shape index (κ3) is 2.33. The van der Waals surface area contributed by atoms with Crippen molar-refractivity contribution in [2.75, 3.05) is 12.3 Å². The van der Waals surface area contributed by atoms with Crippen LogP contribution in [-0.4, -0.2) is 34.4 Å². The van der Waals surface area contributed by atoms with E-state index in [1.807, 2.05) is 0 Å². The van der Waals surface area contributed by atoms with Gasteiger partial charge in [0.2, 0.25) is 5.91 Å². The van der Waals surface area contributed by atoms with E-state index < -0.39 is 0 Å². The van der Waals surface area contributed by atoms with Crippen molar-refractivity contribution in [3.05, 3.63) is 12.4 Å². The molecule has 2 fully saturated rings. The fourth-order valence-corrected chi connectivity index (χ4v) is 2.87. The summed E-state index contributed by atoms with van der Waals surface area (Å²) in [6, 6.07) is 0. The first-order valence-electron chi connectivity index (χ1n) is 6.41. The Morgan fingerprint density at radius 3 is 3.11 bits per heavy atom. The number of nitrogens with two attached hydrogens (primary N) is 1. The van der Waals surface area contributed by atoms with Crippen molar-refractivity contribution in [1.82, 2.24) is 15.1 Å². The van der Waals surface area contributed by atoms with Gasteiger partial charge in [-0.25, -0.2) is 0 Å². The van der Waals surface area contributed by atoms with E-state index >= 15 is 0 Å². The lowest BCUT2D eigenvalue weighted by atomic mass is 9.89. The van der Waals surface area contributed by atoms with Gasteiger partial charge in [-0.3, -0.25) is 9.48 Å². The molecule has 2 saturated heterocycles. The molecule has 6 heteroatoms. The molecular weight excluding hydrogens is 232 g/mol. The van der Waals surface area contributed by atoms with E-state index in [2.05, 4.69) is 10.4 Å². The molecule has 3 N–H and O–H groups in total. The maximum Gasteiger partial charge on any atom is 0.241 e. The van der Waals surface area contributed by atoms with Crippen molar-refractivity contribution in [3.8, 4) is 0 Å². The average Bonchev–Trinajstić information content (AvgIpc) is 3.03. The van der Waals surface area contributed by atoms with Crippen LogP contribution < -0.4 is 11.1 Å². The fourth-order valence-electron chi connectivity index (χ4n) is 2.87. The summed E-state index contributed by atoms with van der Waals surface area (Å²) >= 11 is 0. The van der Waals surface area contributed by atoms with Gasteiger partial charge in [0.1, 0.15) is 6.54 Å². The quantitative estimate of drug-likeness (QED) is 0.797. The highest BCUT2D eigenvalue weighted by Gasteiger charge is 2.40. The van der Waals surface area contributed by atoms with Crippen LogP contribution in [0.25, 0.3) is 0 Å². The molecular formula is C12H18N4O2. The molecule has 3 atom stereocenters. The molecule has 18 heavy (non-hydrogen) atoms. The number of nitrogens with zero attached hydrogens (tertiary/aromatic N) is 2. The van der Waals surface area contributed by atoms with Gasteiger partial charge in [-0.2, -0.15) is 5.10 Å². The second-order valence-electron chi connectivity index (χ2n) is 5.15. The van der Waals surface area contributed by atoms with E-state index in [-0.39, 0.29) is 12.5 Å². The van der Waals surface area contributed by atoms with Gasteiger partial charge in [0.25, 0.3) is 0 Å².